The maximum atomic E-state index is 12.7. The van der Waals surface area contributed by atoms with Gasteiger partial charge in [0, 0.05) is 11.8 Å². The van der Waals surface area contributed by atoms with Gasteiger partial charge in [-0.25, -0.2) is 4.79 Å². The minimum atomic E-state index is -0.606. The first-order valence-electron chi connectivity index (χ1n) is 9.60. The van der Waals surface area contributed by atoms with Crippen LogP contribution in [0.25, 0.3) is 11.0 Å². The maximum absolute atomic E-state index is 12.7. The zero-order valence-electron chi connectivity index (χ0n) is 17.3. The van der Waals surface area contributed by atoms with Gasteiger partial charge >= 0.3 is 11.6 Å². The first-order valence-corrected chi connectivity index (χ1v) is 9.60. The molecule has 0 atom stereocenters. The number of hydrogen-bond donors (Lipinski definition) is 1. The van der Waals surface area contributed by atoms with E-state index in [-0.39, 0.29) is 30.1 Å². The van der Waals surface area contributed by atoms with Gasteiger partial charge in [-0.3, -0.25) is 4.79 Å². The van der Waals surface area contributed by atoms with Crippen molar-refractivity contribution < 1.29 is 24.4 Å². The van der Waals surface area contributed by atoms with Gasteiger partial charge in [-0.05, 0) is 42.2 Å². The van der Waals surface area contributed by atoms with E-state index in [9.17, 15) is 14.7 Å². The Morgan fingerprint density at radius 1 is 1.17 bits per heavy atom. The summed E-state index contributed by atoms with van der Waals surface area (Å²) in [5.41, 5.74) is 2.93. The first-order chi connectivity index (χ1) is 13.9. The largest absolute Gasteiger partial charge is 0.872 e. The summed E-state index contributed by atoms with van der Waals surface area (Å²) in [4.78, 5) is 24.0. The van der Waals surface area contributed by atoms with Crippen LogP contribution < -0.4 is 16.0 Å². The quantitative estimate of drug-likeness (QED) is 0.350. The fraction of sp³-hybridized carbons (Fsp3) is 0.304. The highest BCUT2D eigenvalue weighted by Crippen LogP contribution is 2.30. The van der Waals surface area contributed by atoms with Crippen LogP contribution >= 0.6 is 12.4 Å². The van der Waals surface area contributed by atoms with E-state index < -0.39 is 11.6 Å². The molecule has 0 bridgehead atoms. The van der Waals surface area contributed by atoms with E-state index in [2.05, 4.69) is 22.2 Å². The van der Waals surface area contributed by atoms with Crippen molar-refractivity contribution in [3.05, 3.63) is 74.6 Å². The number of hydrogen-bond acceptors (Lipinski definition) is 5. The molecular weight excluding hydrogens is 406 g/mol. The van der Waals surface area contributed by atoms with Crippen molar-refractivity contribution in [2.45, 2.75) is 33.2 Å². The van der Waals surface area contributed by atoms with E-state index in [4.69, 9.17) is 4.42 Å². The van der Waals surface area contributed by atoms with Gasteiger partial charge in [-0.2, -0.15) is 0 Å². The van der Waals surface area contributed by atoms with Crippen LogP contribution in [0.1, 0.15) is 27.8 Å². The molecule has 7 heteroatoms. The number of nitrogens with two attached hydrogens (primary N) is 1. The average molecular weight is 432 g/mol. The van der Waals surface area contributed by atoms with Crippen molar-refractivity contribution in [3.63, 3.8) is 0 Å². The third-order valence-corrected chi connectivity index (χ3v) is 5.23. The third kappa shape index (κ3) is 5.01. The van der Waals surface area contributed by atoms with Crippen LogP contribution in [-0.4, -0.2) is 19.6 Å². The SMILES string of the molecule is COC(=O)Cc1c(C)c2cc(C[NH2+]CCc3ccccc3)c([O-])c(C)c2oc1=O.Cl. The number of carbonyl (C=O) groups excluding carboxylic acids is 1. The van der Waals surface area contributed by atoms with E-state index >= 15 is 0 Å². The van der Waals surface area contributed by atoms with Gasteiger partial charge in [0.1, 0.15) is 12.1 Å². The topological polar surface area (TPSA) is 96.2 Å². The normalized spacial score (nSPS) is 10.6. The van der Waals surface area contributed by atoms with Crippen molar-refractivity contribution in [3.8, 4) is 5.75 Å². The minimum absolute atomic E-state index is 0. The van der Waals surface area contributed by atoms with Gasteiger partial charge in [0.25, 0.3) is 0 Å². The summed E-state index contributed by atoms with van der Waals surface area (Å²) in [7, 11) is 1.28. The smallest absolute Gasteiger partial charge is 0.340 e. The lowest BCUT2D eigenvalue weighted by atomic mass is 9.98. The fourth-order valence-electron chi connectivity index (χ4n) is 3.48. The van der Waals surface area contributed by atoms with E-state index in [1.54, 1.807) is 19.9 Å². The number of carbonyl (C=O) groups is 1. The monoisotopic (exact) mass is 431 g/mol. The lowest BCUT2D eigenvalue weighted by molar-refractivity contribution is -0.670. The fourth-order valence-corrected chi connectivity index (χ4v) is 3.48. The molecule has 2 N–H and O–H groups in total. The number of rotatable bonds is 7. The molecule has 1 heterocycles. The molecule has 0 saturated carbocycles. The second kappa shape index (κ2) is 10.3. The standard InChI is InChI=1S/C23H25NO5.ClH/c1-14-18-11-17(13-24-10-9-16-7-5-4-6-8-16)21(26)15(2)22(18)29-23(27)19(14)12-20(25)28-3;/h4-8,11,24,26H,9-10,12-13H2,1-3H3;1H. The number of quaternary nitrogens is 1. The van der Waals surface area contributed by atoms with Gasteiger partial charge in [-0.1, -0.05) is 36.1 Å². The molecule has 0 aliphatic rings. The third-order valence-electron chi connectivity index (χ3n) is 5.23. The molecule has 0 radical (unpaired) electrons. The molecule has 2 aromatic carbocycles. The maximum Gasteiger partial charge on any atom is 0.340 e. The van der Waals surface area contributed by atoms with Crippen LogP contribution in [0.5, 0.6) is 5.75 Å². The number of aryl methyl sites for hydroxylation is 2. The summed E-state index contributed by atoms with van der Waals surface area (Å²) >= 11 is 0. The van der Waals surface area contributed by atoms with Crippen LogP contribution in [-0.2, 0) is 28.9 Å². The summed E-state index contributed by atoms with van der Waals surface area (Å²) < 4.78 is 10.1. The molecule has 0 fully saturated rings. The lowest BCUT2D eigenvalue weighted by Gasteiger charge is -2.19. The predicted octanol–water partition coefficient (Wildman–Crippen LogP) is 1.93. The molecule has 0 aliphatic heterocycles. The Kier molecular flexibility index (Phi) is 8.03. The molecule has 30 heavy (non-hydrogen) atoms. The van der Waals surface area contributed by atoms with Crippen molar-refractivity contribution in [2.24, 2.45) is 0 Å². The van der Waals surface area contributed by atoms with Crippen LogP contribution in [0, 0.1) is 13.8 Å². The zero-order valence-corrected chi connectivity index (χ0v) is 18.1. The van der Waals surface area contributed by atoms with Crippen LogP contribution in [0.2, 0.25) is 0 Å². The number of esters is 1. The Bertz CT molecular complexity index is 1090. The number of halogens is 1. The second-order valence-corrected chi connectivity index (χ2v) is 7.13. The molecule has 0 amide bonds. The molecule has 3 rings (SSSR count). The second-order valence-electron chi connectivity index (χ2n) is 7.13. The molecule has 3 aromatic rings. The van der Waals surface area contributed by atoms with Gasteiger partial charge in [0.2, 0.25) is 0 Å². The van der Waals surface area contributed by atoms with Gasteiger partial charge in [-0.15, -0.1) is 12.4 Å². The Balaban J connectivity index is 0.00000320. The number of fused-ring (bicyclic) bond motifs is 1. The van der Waals surface area contributed by atoms with Gasteiger partial charge in [0.15, 0.2) is 0 Å². The van der Waals surface area contributed by atoms with Crippen LogP contribution in [0.4, 0.5) is 0 Å². The molecule has 0 spiro atoms. The highest BCUT2D eigenvalue weighted by Gasteiger charge is 2.17. The van der Waals surface area contributed by atoms with Gasteiger partial charge < -0.3 is 19.6 Å². The summed E-state index contributed by atoms with van der Waals surface area (Å²) in [6.07, 6.45) is 0.760. The summed E-state index contributed by atoms with van der Waals surface area (Å²) in [5.74, 6) is -0.622. The Morgan fingerprint density at radius 2 is 1.87 bits per heavy atom. The first kappa shape index (κ1) is 23.4. The van der Waals surface area contributed by atoms with E-state index in [0.29, 0.717) is 34.2 Å². The van der Waals surface area contributed by atoms with Crippen molar-refractivity contribution in [2.75, 3.05) is 13.7 Å². The molecular formula is C23H26ClNO5. The van der Waals surface area contributed by atoms with E-state index in [1.807, 2.05) is 18.2 Å². The minimum Gasteiger partial charge on any atom is -0.872 e. The molecule has 160 valence electrons. The zero-order chi connectivity index (χ0) is 21.0. The van der Waals surface area contributed by atoms with Crippen molar-refractivity contribution in [1.29, 1.82) is 0 Å². The van der Waals surface area contributed by atoms with Crippen LogP contribution in [0.3, 0.4) is 0 Å². The summed E-state index contributed by atoms with van der Waals surface area (Å²) in [5, 5.41) is 15.5. The summed E-state index contributed by atoms with van der Waals surface area (Å²) in [6.45, 7) is 4.83. The van der Waals surface area contributed by atoms with E-state index in [0.717, 1.165) is 13.0 Å². The predicted molar refractivity (Wildman–Crippen MR) is 115 cm³/mol. The highest BCUT2D eigenvalue weighted by molar-refractivity contribution is 5.87. The Hall–Kier alpha value is -2.83. The number of methoxy groups -OCH3 is 1. The van der Waals surface area contributed by atoms with Crippen molar-refractivity contribution >= 4 is 29.3 Å². The Labute approximate surface area is 181 Å². The van der Waals surface area contributed by atoms with Gasteiger partial charge in [0.05, 0.1) is 25.6 Å². The highest BCUT2D eigenvalue weighted by atomic mass is 35.5. The molecule has 6 nitrogen and oxygen atoms in total. The molecule has 0 aliphatic carbocycles. The number of benzene rings is 2. The van der Waals surface area contributed by atoms with E-state index in [1.165, 1.54) is 12.7 Å². The van der Waals surface area contributed by atoms with Crippen molar-refractivity contribution in [1.82, 2.24) is 0 Å². The molecule has 0 unspecified atom stereocenters. The lowest BCUT2D eigenvalue weighted by Crippen LogP contribution is -2.83. The summed E-state index contributed by atoms with van der Waals surface area (Å²) in [6, 6.07) is 12.0. The number of ether oxygens (including phenoxy) is 1. The van der Waals surface area contributed by atoms with Crippen LogP contribution in [0.15, 0.2) is 45.6 Å². The Morgan fingerprint density at radius 3 is 2.53 bits per heavy atom. The molecule has 1 aromatic heterocycles. The average Bonchev–Trinajstić information content (AvgIpc) is 2.73. The molecule has 0 saturated heterocycles.